The summed E-state index contributed by atoms with van der Waals surface area (Å²) in [5.41, 5.74) is 0.490. The van der Waals surface area contributed by atoms with Gasteiger partial charge in [-0.1, -0.05) is 23.2 Å². The Morgan fingerprint density at radius 2 is 1.86 bits per heavy atom. The van der Waals surface area contributed by atoms with Gasteiger partial charge in [-0.25, -0.2) is 0 Å². The molecule has 3 nitrogen and oxygen atoms in total. The normalized spacial score (nSPS) is 17.4. The Balaban J connectivity index is 2.67. The Morgan fingerprint density at radius 3 is 2.29 bits per heavy atom. The van der Waals surface area contributed by atoms with Crippen LogP contribution in [-0.4, -0.2) is 13.0 Å². The van der Waals surface area contributed by atoms with E-state index in [1.54, 1.807) is 0 Å². The molecule has 2 rings (SSSR count). The van der Waals surface area contributed by atoms with E-state index in [-0.39, 0.29) is 15.1 Å². The Bertz CT molecular complexity index is 473. The van der Waals surface area contributed by atoms with Gasteiger partial charge < -0.3 is 0 Å². The maximum Gasteiger partial charge on any atom is 0.297 e. The van der Waals surface area contributed by atoms with E-state index in [0.29, 0.717) is 9.90 Å². The Labute approximate surface area is 95.4 Å². The highest BCUT2D eigenvalue weighted by Crippen LogP contribution is 2.51. The molecule has 0 aliphatic heterocycles. The molecule has 0 atom stereocenters. The highest BCUT2D eigenvalue weighted by atomic mass is 35.5. The van der Waals surface area contributed by atoms with Crippen LogP contribution in [0.4, 0.5) is 0 Å². The molecule has 14 heavy (non-hydrogen) atoms. The average Bonchev–Trinajstić information content (AvgIpc) is 2.75. The van der Waals surface area contributed by atoms with Crippen LogP contribution in [0.25, 0.3) is 0 Å². The second kappa shape index (κ2) is 3.35. The van der Waals surface area contributed by atoms with Crippen molar-refractivity contribution in [2.75, 3.05) is 0 Å². The summed E-state index contributed by atoms with van der Waals surface area (Å²) in [6.45, 7) is 0. The van der Waals surface area contributed by atoms with Crippen molar-refractivity contribution in [3.05, 3.63) is 14.2 Å². The highest BCUT2D eigenvalue weighted by molar-refractivity contribution is 7.86. The maximum absolute atomic E-state index is 11.0. The monoisotopic (exact) mass is 272 g/mol. The zero-order valence-corrected chi connectivity index (χ0v) is 9.97. The first kappa shape index (κ1) is 10.7. The number of thiophene rings is 1. The third kappa shape index (κ3) is 1.79. The smallest absolute Gasteiger partial charge is 0.282 e. The van der Waals surface area contributed by atoms with Gasteiger partial charge in [0, 0.05) is 5.56 Å². The number of hydrogen-bond acceptors (Lipinski definition) is 3. The Hall–Kier alpha value is 0.190. The molecule has 1 aromatic heterocycles. The van der Waals surface area contributed by atoms with Gasteiger partial charge in [0.1, 0.15) is 9.23 Å². The van der Waals surface area contributed by atoms with Crippen molar-refractivity contribution in [1.82, 2.24) is 0 Å². The molecule has 1 N–H and O–H groups in total. The van der Waals surface area contributed by atoms with Crippen molar-refractivity contribution in [3.63, 3.8) is 0 Å². The Kier molecular flexibility index (Phi) is 2.56. The number of hydrogen-bond donors (Lipinski definition) is 1. The third-order valence-electron chi connectivity index (χ3n) is 2.06. The first-order valence-electron chi connectivity index (χ1n) is 3.86. The largest absolute Gasteiger partial charge is 0.297 e. The molecule has 0 bridgehead atoms. The van der Waals surface area contributed by atoms with E-state index in [0.717, 1.165) is 24.2 Å². The SMILES string of the molecule is O=S(=O)(O)c1c(Cl)sc(Cl)c1C1CC1. The van der Waals surface area contributed by atoms with E-state index in [4.69, 9.17) is 27.8 Å². The summed E-state index contributed by atoms with van der Waals surface area (Å²) in [5.74, 6) is 0.142. The van der Waals surface area contributed by atoms with Crippen LogP contribution in [-0.2, 0) is 10.1 Å². The lowest BCUT2D eigenvalue weighted by molar-refractivity contribution is 0.482. The van der Waals surface area contributed by atoms with Crippen molar-refractivity contribution in [2.24, 2.45) is 0 Å². The number of rotatable bonds is 2. The van der Waals surface area contributed by atoms with Gasteiger partial charge in [0.25, 0.3) is 10.1 Å². The lowest BCUT2D eigenvalue weighted by Gasteiger charge is -1.99. The van der Waals surface area contributed by atoms with Crippen LogP contribution < -0.4 is 0 Å². The van der Waals surface area contributed by atoms with Gasteiger partial charge in [0.05, 0.1) is 4.34 Å². The molecule has 0 aromatic carbocycles. The first-order valence-corrected chi connectivity index (χ1v) is 6.87. The zero-order valence-electron chi connectivity index (χ0n) is 6.83. The summed E-state index contributed by atoms with van der Waals surface area (Å²) in [6.07, 6.45) is 1.80. The van der Waals surface area contributed by atoms with Crippen molar-refractivity contribution in [2.45, 2.75) is 23.7 Å². The molecular weight excluding hydrogens is 267 g/mol. The molecular formula is C7H6Cl2O3S2. The summed E-state index contributed by atoms with van der Waals surface area (Å²) in [7, 11) is -4.25. The molecule has 0 saturated heterocycles. The topological polar surface area (TPSA) is 54.4 Å². The lowest BCUT2D eigenvalue weighted by atomic mass is 10.2. The standard InChI is InChI=1S/C7H6Cl2O3S2/c8-6-4(3-1-2-3)5(7(9)13-6)14(10,11)12/h3H,1-2H2,(H,10,11,12). The summed E-state index contributed by atoms with van der Waals surface area (Å²) in [6, 6.07) is 0. The van der Waals surface area contributed by atoms with Crippen LogP contribution >= 0.6 is 34.5 Å². The van der Waals surface area contributed by atoms with Crippen molar-refractivity contribution < 1.29 is 13.0 Å². The molecule has 1 aliphatic carbocycles. The van der Waals surface area contributed by atoms with E-state index in [2.05, 4.69) is 0 Å². The summed E-state index contributed by atoms with van der Waals surface area (Å²) in [4.78, 5) is -0.198. The van der Waals surface area contributed by atoms with Crippen LogP contribution in [0.3, 0.4) is 0 Å². The van der Waals surface area contributed by atoms with Gasteiger partial charge in [-0.3, -0.25) is 4.55 Å². The molecule has 1 heterocycles. The summed E-state index contributed by atoms with van der Waals surface area (Å²) >= 11 is 12.5. The molecule has 1 aromatic rings. The quantitative estimate of drug-likeness (QED) is 0.842. The highest BCUT2D eigenvalue weighted by Gasteiger charge is 2.35. The van der Waals surface area contributed by atoms with Crippen LogP contribution in [0.5, 0.6) is 0 Å². The minimum Gasteiger partial charge on any atom is -0.282 e. The minimum atomic E-state index is -4.25. The predicted molar refractivity (Wildman–Crippen MR) is 56.1 cm³/mol. The summed E-state index contributed by atoms with van der Waals surface area (Å²) in [5, 5.41) is 0. The molecule has 0 amide bonds. The third-order valence-corrected chi connectivity index (χ3v) is 4.88. The molecule has 0 spiro atoms. The van der Waals surface area contributed by atoms with Gasteiger partial charge in [-0.2, -0.15) is 8.42 Å². The second-order valence-electron chi connectivity index (χ2n) is 3.14. The van der Waals surface area contributed by atoms with Crippen LogP contribution in [0.1, 0.15) is 24.3 Å². The average molecular weight is 273 g/mol. The molecule has 0 radical (unpaired) electrons. The maximum atomic E-state index is 11.0. The molecule has 0 unspecified atom stereocenters. The fourth-order valence-electron chi connectivity index (χ4n) is 1.33. The van der Waals surface area contributed by atoms with E-state index < -0.39 is 10.1 Å². The Morgan fingerprint density at radius 1 is 1.29 bits per heavy atom. The van der Waals surface area contributed by atoms with Crippen molar-refractivity contribution in [3.8, 4) is 0 Å². The number of halogens is 2. The molecule has 78 valence electrons. The van der Waals surface area contributed by atoms with E-state index in [9.17, 15) is 8.42 Å². The molecule has 7 heteroatoms. The van der Waals surface area contributed by atoms with E-state index in [1.165, 1.54) is 0 Å². The van der Waals surface area contributed by atoms with E-state index >= 15 is 0 Å². The lowest BCUT2D eigenvalue weighted by Crippen LogP contribution is -2.00. The summed E-state index contributed by atoms with van der Waals surface area (Å²) < 4.78 is 31.5. The molecule has 1 fully saturated rings. The van der Waals surface area contributed by atoms with Gasteiger partial charge >= 0.3 is 0 Å². The van der Waals surface area contributed by atoms with E-state index in [1.807, 2.05) is 0 Å². The van der Waals surface area contributed by atoms with Crippen LogP contribution in [0, 0.1) is 0 Å². The predicted octanol–water partition coefficient (Wildman–Crippen LogP) is 3.18. The molecule has 1 saturated carbocycles. The minimum absolute atomic E-state index is 0.0411. The zero-order chi connectivity index (χ0) is 10.5. The van der Waals surface area contributed by atoms with Gasteiger partial charge in [0.15, 0.2) is 0 Å². The van der Waals surface area contributed by atoms with Gasteiger partial charge in [0.2, 0.25) is 0 Å². The van der Waals surface area contributed by atoms with Crippen molar-refractivity contribution in [1.29, 1.82) is 0 Å². The van der Waals surface area contributed by atoms with Gasteiger partial charge in [-0.15, -0.1) is 11.3 Å². The van der Waals surface area contributed by atoms with Gasteiger partial charge in [-0.05, 0) is 18.8 Å². The first-order chi connectivity index (χ1) is 6.41. The van der Waals surface area contributed by atoms with Crippen LogP contribution in [0.15, 0.2) is 4.90 Å². The fraction of sp³-hybridized carbons (Fsp3) is 0.429. The van der Waals surface area contributed by atoms with Crippen molar-refractivity contribution >= 4 is 44.7 Å². The van der Waals surface area contributed by atoms with Crippen LogP contribution in [0.2, 0.25) is 8.67 Å². The fourth-order valence-corrected chi connectivity index (χ4v) is 4.61. The second-order valence-corrected chi connectivity index (χ2v) is 6.72. The molecule has 1 aliphatic rings.